The molecule has 2 aromatic carbocycles. The monoisotopic (exact) mass is 517 g/mol. The second-order valence-electron chi connectivity index (χ2n) is 9.92. The summed E-state index contributed by atoms with van der Waals surface area (Å²) >= 11 is 0. The van der Waals surface area contributed by atoms with Gasteiger partial charge in [-0.05, 0) is 62.4 Å². The van der Waals surface area contributed by atoms with Crippen molar-refractivity contribution in [1.29, 1.82) is 5.26 Å². The molecule has 2 atom stereocenters. The van der Waals surface area contributed by atoms with Crippen molar-refractivity contribution in [1.82, 2.24) is 15.2 Å². The normalized spacial score (nSPS) is 20.8. The fourth-order valence-corrected chi connectivity index (χ4v) is 5.58. The first-order chi connectivity index (χ1) is 18.3. The first kappa shape index (κ1) is 25.6. The van der Waals surface area contributed by atoms with Gasteiger partial charge in [0.05, 0.1) is 17.5 Å². The second-order valence-corrected chi connectivity index (χ2v) is 9.92. The molecule has 2 saturated heterocycles. The molecular formula is C29H29F2N5O2. The lowest BCUT2D eigenvalue weighted by atomic mass is 9.98. The molecule has 2 N–H and O–H groups in total. The second kappa shape index (κ2) is 10.8. The largest absolute Gasteiger partial charge is 0.433 e. The van der Waals surface area contributed by atoms with Crippen molar-refractivity contribution in [3.63, 3.8) is 0 Å². The van der Waals surface area contributed by atoms with E-state index in [4.69, 9.17) is 10.00 Å². The van der Waals surface area contributed by atoms with Crippen LogP contribution in [0, 0.1) is 11.3 Å². The van der Waals surface area contributed by atoms with E-state index < -0.39 is 6.61 Å². The van der Waals surface area contributed by atoms with Crippen LogP contribution >= 0.6 is 0 Å². The zero-order chi connectivity index (χ0) is 26.8. The summed E-state index contributed by atoms with van der Waals surface area (Å²) < 4.78 is 30.9. The minimum atomic E-state index is -3.01. The van der Waals surface area contributed by atoms with Crippen LogP contribution in [0.4, 0.5) is 14.5 Å². The Morgan fingerprint density at radius 3 is 2.66 bits per heavy atom. The molecule has 0 aliphatic carbocycles. The quantitative estimate of drug-likeness (QED) is 0.392. The minimum absolute atomic E-state index is 0.0384. The van der Waals surface area contributed by atoms with Crippen LogP contribution < -0.4 is 15.4 Å². The molecule has 0 spiro atoms. The van der Waals surface area contributed by atoms with Gasteiger partial charge in [-0.25, -0.2) is 4.98 Å². The van der Waals surface area contributed by atoms with Crippen molar-refractivity contribution in [3.8, 4) is 23.1 Å². The van der Waals surface area contributed by atoms with Crippen LogP contribution in [0.25, 0.3) is 22.0 Å². The molecule has 1 amide bonds. The number of amides is 1. The number of carbonyl (C=O) groups excluding carboxylic acids is 1. The Morgan fingerprint density at radius 1 is 1.21 bits per heavy atom. The Balaban J connectivity index is 1.42. The lowest BCUT2D eigenvalue weighted by Gasteiger charge is -2.36. The van der Waals surface area contributed by atoms with Gasteiger partial charge in [0, 0.05) is 41.2 Å². The number of nitrogens with zero attached hydrogens (tertiary/aromatic N) is 3. The number of benzene rings is 2. The minimum Gasteiger partial charge on any atom is -0.433 e. The molecule has 196 valence electrons. The van der Waals surface area contributed by atoms with Crippen molar-refractivity contribution in [2.45, 2.75) is 50.4 Å². The number of aromatic nitrogens is 1. The molecule has 3 aromatic rings. The number of pyridine rings is 1. The van der Waals surface area contributed by atoms with Gasteiger partial charge in [0.15, 0.2) is 0 Å². The molecule has 5 rings (SSSR count). The number of hydrogen-bond acceptors (Lipinski definition) is 6. The van der Waals surface area contributed by atoms with E-state index in [0.29, 0.717) is 40.1 Å². The summed E-state index contributed by atoms with van der Waals surface area (Å²) in [4.78, 5) is 20.1. The Morgan fingerprint density at radius 2 is 1.95 bits per heavy atom. The number of ether oxygens (including phenoxy) is 1. The van der Waals surface area contributed by atoms with E-state index >= 15 is 0 Å². The van der Waals surface area contributed by atoms with Crippen molar-refractivity contribution in [2.75, 3.05) is 18.9 Å². The molecule has 3 heterocycles. The van der Waals surface area contributed by atoms with Crippen molar-refractivity contribution >= 4 is 22.4 Å². The highest BCUT2D eigenvalue weighted by Crippen LogP contribution is 2.37. The highest BCUT2D eigenvalue weighted by atomic mass is 19.3. The van der Waals surface area contributed by atoms with Gasteiger partial charge in [-0.15, -0.1) is 0 Å². The van der Waals surface area contributed by atoms with Gasteiger partial charge in [0.2, 0.25) is 0 Å². The summed E-state index contributed by atoms with van der Waals surface area (Å²) in [6, 6.07) is 17.1. The molecule has 2 fully saturated rings. The van der Waals surface area contributed by atoms with E-state index in [1.807, 2.05) is 24.3 Å². The Kier molecular flexibility index (Phi) is 7.25. The number of halogens is 2. The third-order valence-corrected chi connectivity index (χ3v) is 7.55. The summed E-state index contributed by atoms with van der Waals surface area (Å²) in [5.74, 6) is -0.241. The van der Waals surface area contributed by atoms with E-state index in [9.17, 15) is 13.6 Å². The number of anilines is 1. The predicted octanol–water partition coefficient (Wildman–Crippen LogP) is 5.35. The predicted molar refractivity (Wildman–Crippen MR) is 142 cm³/mol. The molecule has 2 unspecified atom stereocenters. The van der Waals surface area contributed by atoms with Gasteiger partial charge < -0.3 is 20.3 Å². The van der Waals surface area contributed by atoms with Gasteiger partial charge in [-0.2, -0.15) is 14.0 Å². The van der Waals surface area contributed by atoms with E-state index in [2.05, 4.69) is 34.1 Å². The van der Waals surface area contributed by atoms with Gasteiger partial charge in [0.25, 0.3) is 5.91 Å². The molecule has 2 aliphatic rings. The number of nitriles is 1. The Bertz CT molecular complexity index is 1410. The van der Waals surface area contributed by atoms with Crippen LogP contribution in [0.1, 0.15) is 36.2 Å². The van der Waals surface area contributed by atoms with Gasteiger partial charge in [0.1, 0.15) is 11.4 Å². The molecule has 38 heavy (non-hydrogen) atoms. The van der Waals surface area contributed by atoms with Crippen LogP contribution in [0.15, 0.2) is 60.7 Å². The number of hydrogen-bond donors (Lipinski definition) is 2. The summed E-state index contributed by atoms with van der Waals surface area (Å²) in [7, 11) is 2.16. The Labute approximate surface area is 220 Å². The summed E-state index contributed by atoms with van der Waals surface area (Å²) in [6.07, 6.45) is 4.24. The Hall–Kier alpha value is -4.03. The average molecular weight is 518 g/mol. The third-order valence-electron chi connectivity index (χ3n) is 7.55. The fourth-order valence-electron chi connectivity index (χ4n) is 5.58. The number of alkyl halides is 2. The number of piperidine rings is 1. The maximum atomic E-state index is 13.1. The third kappa shape index (κ3) is 5.31. The molecule has 0 saturated carbocycles. The van der Waals surface area contributed by atoms with E-state index in [0.717, 1.165) is 18.2 Å². The van der Waals surface area contributed by atoms with Crippen LogP contribution in [0.3, 0.4) is 0 Å². The zero-order valence-corrected chi connectivity index (χ0v) is 21.1. The molecule has 0 radical (unpaired) electrons. The van der Waals surface area contributed by atoms with Crippen molar-refractivity contribution in [2.24, 2.45) is 0 Å². The first-order valence-electron chi connectivity index (χ1n) is 12.7. The molecular weight excluding hydrogens is 488 g/mol. The highest BCUT2D eigenvalue weighted by Gasteiger charge is 2.38. The highest BCUT2D eigenvalue weighted by molar-refractivity contribution is 5.99. The molecule has 2 bridgehead atoms. The lowest BCUT2D eigenvalue weighted by molar-refractivity contribution is -0.0492. The van der Waals surface area contributed by atoms with Crippen LogP contribution in [0.2, 0.25) is 0 Å². The summed E-state index contributed by atoms with van der Waals surface area (Å²) in [6.45, 7) is 0.713. The van der Waals surface area contributed by atoms with Gasteiger partial charge >= 0.3 is 6.61 Å². The van der Waals surface area contributed by atoms with Crippen LogP contribution in [-0.2, 0) is 0 Å². The van der Waals surface area contributed by atoms with E-state index in [1.54, 1.807) is 24.3 Å². The number of carbonyl (C=O) groups is 1. The SMILES string of the molecule is C=C(C#N)CNc1c(OC(F)F)ccc2ccc(-c3cccc(C(=O)NC4CC5CCC(C4)N5C)n3)cc12. The number of fused-ring (bicyclic) bond motifs is 3. The van der Waals surface area contributed by atoms with Crippen LogP contribution in [0.5, 0.6) is 5.75 Å². The summed E-state index contributed by atoms with van der Waals surface area (Å²) in [5.41, 5.74) is 2.19. The maximum Gasteiger partial charge on any atom is 0.387 e. The topological polar surface area (TPSA) is 90.3 Å². The molecule has 1 aromatic heterocycles. The average Bonchev–Trinajstić information content (AvgIpc) is 3.11. The van der Waals surface area contributed by atoms with Crippen molar-refractivity contribution < 1.29 is 18.3 Å². The first-order valence-corrected chi connectivity index (χ1v) is 12.7. The van der Waals surface area contributed by atoms with Gasteiger partial charge in [-0.1, -0.05) is 30.8 Å². The number of nitrogens with one attached hydrogen (secondary N) is 2. The maximum absolute atomic E-state index is 13.1. The number of rotatable bonds is 8. The molecule has 2 aliphatic heterocycles. The molecule has 7 nitrogen and oxygen atoms in total. The summed E-state index contributed by atoms with van der Waals surface area (Å²) in [5, 5.41) is 16.6. The van der Waals surface area contributed by atoms with E-state index in [-0.39, 0.29) is 29.8 Å². The smallest absolute Gasteiger partial charge is 0.387 e. The molecule has 9 heteroatoms. The standard InChI is InChI=1S/C29H29F2N5O2/c1-17(15-32)16-33-27-23-12-19(7-6-18(23)8-11-26(27)38-29(30)31)24-4-3-5-25(35-24)28(37)34-20-13-21-9-10-22(14-20)36(21)2/h3-8,11-12,20-22,29,33H,1,9-10,13-14,16H2,2H3,(H,34,37). The van der Waals surface area contributed by atoms with Crippen LogP contribution in [-0.4, -0.2) is 54.1 Å². The lowest BCUT2D eigenvalue weighted by Crippen LogP contribution is -2.48. The van der Waals surface area contributed by atoms with E-state index in [1.165, 1.54) is 18.9 Å². The van der Waals surface area contributed by atoms with Crippen molar-refractivity contribution in [3.05, 3.63) is 66.4 Å². The fraction of sp³-hybridized carbons (Fsp3) is 0.345. The zero-order valence-electron chi connectivity index (χ0n) is 21.1. The van der Waals surface area contributed by atoms with Gasteiger partial charge in [-0.3, -0.25) is 4.79 Å².